The zero-order valence-corrected chi connectivity index (χ0v) is 15.7. The molecule has 0 amide bonds. The third-order valence-corrected chi connectivity index (χ3v) is 6.74. The average Bonchev–Trinajstić information content (AvgIpc) is 3.10. The van der Waals surface area contributed by atoms with E-state index in [9.17, 15) is 8.42 Å². The highest BCUT2D eigenvalue weighted by molar-refractivity contribution is 7.89. The zero-order valence-electron chi connectivity index (χ0n) is 14.1. The van der Waals surface area contributed by atoms with E-state index >= 15 is 0 Å². The van der Waals surface area contributed by atoms with Crippen LogP contribution < -0.4 is 9.47 Å². The van der Waals surface area contributed by atoms with Gasteiger partial charge in [-0.1, -0.05) is 23.7 Å². The third kappa shape index (κ3) is 3.53. The summed E-state index contributed by atoms with van der Waals surface area (Å²) in [5, 5.41) is 0.714. The number of piperazine rings is 1. The summed E-state index contributed by atoms with van der Waals surface area (Å²) >= 11 is 6.03. The molecule has 0 aromatic heterocycles. The highest BCUT2D eigenvalue weighted by Gasteiger charge is 2.30. The third-order valence-electron chi connectivity index (χ3n) is 4.61. The maximum Gasteiger partial charge on any atom is 0.243 e. The maximum absolute atomic E-state index is 12.9. The van der Waals surface area contributed by atoms with E-state index in [4.69, 9.17) is 21.1 Å². The Morgan fingerprint density at radius 3 is 2.50 bits per heavy atom. The average molecular weight is 395 g/mol. The van der Waals surface area contributed by atoms with Gasteiger partial charge in [0.2, 0.25) is 16.8 Å². The lowest BCUT2D eigenvalue weighted by Crippen LogP contribution is -2.48. The second kappa shape index (κ2) is 7.08. The standard InChI is InChI=1S/C18H19ClN2O4S/c19-15-3-1-2-14(10-15)12-20-6-8-21(9-7-20)26(22,23)16-4-5-17-18(11-16)25-13-24-17/h1-5,10-11H,6-9,12-13H2. The summed E-state index contributed by atoms with van der Waals surface area (Å²) in [4.78, 5) is 2.47. The van der Waals surface area contributed by atoms with Gasteiger partial charge < -0.3 is 9.47 Å². The van der Waals surface area contributed by atoms with Gasteiger partial charge in [0.05, 0.1) is 4.90 Å². The Kier molecular flexibility index (Phi) is 4.79. The number of hydrogen-bond donors (Lipinski definition) is 0. The minimum atomic E-state index is -3.54. The van der Waals surface area contributed by atoms with Gasteiger partial charge in [-0.05, 0) is 29.8 Å². The molecule has 0 unspecified atom stereocenters. The molecule has 2 aliphatic heterocycles. The van der Waals surface area contributed by atoms with Gasteiger partial charge >= 0.3 is 0 Å². The molecule has 2 aromatic carbocycles. The van der Waals surface area contributed by atoms with Crippen LogP contribution in [0.2, 0.25) is 5.02 Å². The second-order valence-corrected chi connectivity index (χ2v) is 8.70. The fourth-order valence-electron chi connectivity index (χ4n) is 3.21. The zero-order chi connectivity index (χ0) is 18.1. The number of rotatable bonds is 4. The molecule has 1 fully saturated rings. The summed E-state index contributed by atoms with van der Waals surface area (Å²) in [6, 6.07) is 12.5. The first kappa shape index (κ1) is 17.6. The van der Waals surface area contributed by atoms with Crippen LogP contribution in [0, 0.1) is 0 Å². The van der Waals surface area contributed by atoms with Gasteiger partial charge in [-0.25, -0.2) is 8.42 Å². The molecule has 0 spiro atoms. The first-order chi connectivity index (χ1) is 12.5. The predicted molar refractivity (Wildman–Crippen MR) is 98.1 cm³/mol. The van der Waals surface area contributed by atoms with Crippen LogP contribution in [0.15, 0.2) is 47.4 Å². The molecular formula is C18H19ClN2O4S. The number of halogens is 1. The van der Waals surface area contributed by atoms with Crippen molar-refractivity contribution in [1.82, 2.24) is 9.21 Å². The van der Waals surface area contributed by atoms with Gasteiger partial charge in [0.15, 0.2) is 11.5 Å². The van der Waals surface area contributed by atoms with Crippen LogP contribution in [-0.4, -0.2) is 50.6 Å². The predicted octanol–water partition coefficient (Wildman–Crippen LogP) is 2.58. The number of ether oxygens (including phenoxy) is 2. The highest BCUT2D eigenvalue weighted by Crippen LogP contribution is 2.34. The number of sulfonamides is 1. The van der Waals surface area contributed by atoms with Gasteiger partial charge in [0.25, 0.3) is 0 Å². The molecule has 6 nitrogen and oxygen atoms in total. The summed E-state index contributed by atoms with van der Waals surface area (Å²) in [6.45, 7) is 3.15. The molecule has 138 valence electrons. The summed E-state index contributed by atoms with van der Waals surface area (Å²) in [7, 11) is -3.54. The Morgan fingerprint density at radius 1 is 0.962 bits per heavy atom. The summed E-state index contributed by atoms with van der Waals surface area (Å²) < 4.78 is 37.8. The van der Waals surface area contributed by atoms with Crippen LogP contribution in [0.4, 0.5) is 0 Å². The quantitative estimate of drug-likeness (QED) is 0.797. The lowest BCUT2D eigenvalue weighted by atomic mass is 10.2. The van der Waals surface area contributed by atoms with E-state index in [1.165, 1.54) is 10.4 Å². The molecule has 0 radical (unpaired) electrons. The largest absolute Gasteiger partial charge is 0.454 e. The number of hydrogen-bond acceptors (Lipinski definition) is 5. The Balaban J connectivity index is 1.42. The first-order valence-corrected chi connectivity index (χ1v) is 10.2. The molecule has 2 aliphatic rings. The van der Waals surface area contributed by atoms with Crippen molar-refractivity contribution in [2.75, 3.05) is 33.0 Å². The highest BCUT2D eigenvalue weighted by atomic mass is 35.5. The topological polar surface area (TPSA) is 59.1 Å². The number of fused-ring (bicyclic) bond motifs is 1. The molecule has 2 aromatic rings. The maximum atomic E-state index is 12.9. The van der Waals surface area contributed by atoms with Crippen LogP contribution in [0.25, 0.3) is 0 Å². The Hall–Kier alpha value is -1.80. The van der Waals surface area contributed by atoms with Gasteiger partial charge in [0, 0.05) is 43.8 Å². The molecule has 0 atom stereocenters. The molecule has 8 heteroatoms. The first-order valence-electron chi connectivity index (χ1n) is 8.39. The van der Waals surface area contributed by atoms with Crippen LogP contribution in [0.1, 0.15) is 5.56 Å². The molecule has 4 rings (SSSR count). The van der Waals surface area contributed by atoms with Gasteiger partial charge in [-0.2, -0.15) is 4.31 Å². The molecule has 26 heavy (non-hydrogen) atoms. The van der Waals surface area contributed by atoms with E-state index in [2.05, 4.69) is 4.90 Å². The van der Waals surface area contributed by atoms with Crippen LogP contribution in [0.5, 0.6) is 11.5 Å². The molecule has 1 saturated heterocycles. The van der Waals surface area contributed by atoms with Crippen molar-refractivity contribution < 1.29 is 17.9 Å². The molecule has 0 N–H and O–H groups in total. The Morgan fingerprint density at radius 2 is 1.73 bits per heavy atom. The fourth-order valence-corrected chi connectivity index (χ4v) is 4.86. The Labute approximate surface area is 157 Å². The molecule has 0 bridgehead atoms. The van der Waals surface area contributed by atoms with Crippen LogP contribution in [0.3, 0.4) is 0 Å². The van der Waals surface area contributed by atoms with E-state index in [1.54, 1.807) is 12.1 Å². The molecular weight excluding hydrogens is 376 g/mol. The Bertz CT molecular complexity index is 911. The summed E-state index contributed by atoms with van der Waals surface area (Å²) in [5.41, 5.74) is 1.13. The minimum absolute atomic E-state index is 0.126. The van der Waals surface area contributed by atoms with Gasteiger partial charge in [-0.3, -0.25) is 4.90 Å². The summed E-state index contributed by atoms with van der Waals surface area (Å²) in [6.07, 6.45) is 0. The second-order valence-electron chi connectivity index (χ2n) is 6.33. The summed E-state index contributed by atoms with van der Waals surface area (Å²) in [5.74, 6) is 1.06. The normalized spacial score (nSPS) is 18.2. The van der Waals surface area contributed by atoms with E-state index < -0.39 is 10.0 Å². The van der Waals surface area contributed by atoms with Crippen molar-refractivity contribution in [2.45, 2.75) is 11.4 Å². The SMILES string of the molecule is O=S(=O)(c1ccc2c(c1)OCO2)N1CCN(Cc2cccc(Cl)c2)CC1. The lowest BCUT2D eigenvalue weighted by molar-refractivity contribution is 0.173. The van der Waals surface area contributed by atoms with Crippen molar-refractivity contribution in [2.24, 2.45) is 0 Å². The van der Waals surface area contributed by atoms with E-state index in [-0.39, 0.29) is 11.7 Å². The fraction of sp³-hybridized carbons (Fsp3) is 0.333. The monoisotopic (exact) mass is 394 g/mol. The number of benzene rings is 2. The van der Waals surface area contributed by atoms with E-state index in [0.29, 0.717) is 42.7 Å². The van der Waals surface area contributed by atoms with E-state index in [1.807, 2.05) is 24.3 Å². The smallest absolute Gasteiger partial charge is 0.243 e. The number of nitrogens with zero attached hydrogens (tertiary/aromatic N) is 2. The van der Waals surface area contributed by atoms with E-state index in [0.717, 1.165) is 12.1 Å². The minimum Gasteiger partial charge on any atom is -0.454 e. The van der Waals surface area contributed by atoms with Gasteiger partial charge in [0.1, 0.15) is 0 Å². The lowest BCUT2D eigenvalue weighted by Gasteiger charge is -2.34. The van der Waals surface area contributed by atoms with Crippen LogP contribution >= 0.6 is 11.6 Å². The molecule has 0 aliphatic carbocycles. The molecule has 2 heterocycles. The van der Waals surface area contributed by atoms with Crippen LogP contribution in [-0.2, 0) is 16.6 Å². The molecule has 0 saturated carbocycles. The van der Waals surface area contributed by atoms with Crippen molar-refractivity contribution in [3.63, 3.8) is 0 Å². The van der Waals surface area contributed by atoms with Crippen molar-refractivity contribution in [3.8, 4) is 11.5 Å². The van der Waals surface area contributed by atoms with Crippen molar-refractivity contribution in [1.29, 1.82) is 0 Å². The van der Waals surface area contributed by atoms with Crippen molar-refractivity contribution >= 4 is 21.6 Å². The van der Waals surface area contributed by atoms with Crippen molar-refractivity contribution in [3.05, 3.63) is 53.1 Å². The van der Waals surface area contributed by atoms with Gasteiger partial charge in [-0.15, -0.1) is 0 Å².